The van der Waals surface area contributed by atoms with Gasteiger partial charge in [-0.3, -0.25) is 9.59 Å². The lowest BCUT2D eigenvalue weighted by Gasteiger charge is -2.34. The number of carbonyl (C=O) groups excluding carboxylic acids is 3. The fourth-order valence-corrected chi connectivity index (χ4v) is 6.42. The topological polar surface area (TPSA) is 102 Å². The van der Waals surface area contributed by atoms with Crippen LogP contribution in [0.2, 0.25) is 0 Å². The number of likely N-dealkylation sites (N-methyl/N-ethyl adjacent to an activating group) is 1. The van der Waals surface area contributed by atoms with E-state index in [1.54, 1.807) is 21.1 Å². The van der Waals surface area contributed by atoms with Crippen LogP contribution in [0, 0.1) is 0 Å². The molecule has 0 fully saturated rings. The van der Waals surface area contributed by atoms with Gasteiger partial charge in [0, 0.05) is 19.3 Å². The normalized spacial score (nSPS) is 13.3. The number of carbonyl (C=O) groups is 3. The van der Waals surface area contributed by atoms with Crippen molar-refractivity contribution in [2.24, 2.45) is 0 Å². The molecule has 0 radical (unpaired) electrons. The highest BCUT2D eigenvalue weighted by Gasteiger charge is 2.25. The molecule has 2 unspecified atom stereocenters. The number of carboxylic acids is 1. The zero-order valence-electron chi connectivity index (χ0n) is 35.6. The maximum Gasteiger partial charge on any atom is 0.306 e. The number of esters is 2. The molecule has 0 amide bonds. The van der Waals surface area contributed by atoms with E-state index in [1.165, 1.54) is 96.3 Å². The molecule has 0 bridgehead atoms. The molecule has 0 saturated carbocycles. The number of hydrogen-bond donors (Lipinski definition) is 0. The molecule has 0 aromatic rings. The third kappa shape index (κ3) is 35.3. The third-order valence-electron chi connectivity index (χ3n) is 9.85. The average molecular weight is 762 g/mol. The summed E-state index contributed by atoms with van der Waals surface area (Å²) in [5, 5.41) is 11.6. The number of ether oxygens (including phenoxy) is 3. The third-order valence-corrected chi connectivity index (χ3v) is 9.85. The smallest absolute Gasteiger partial charge is 0.306 e. The summed E-state index contributed by atoms with van der Waals surface area (Å²) in [5.41, 5.74) is 0. The average Bonchev–Trinajstić information content (AvgIpc) is 3.12. The molecular formula is C46H83NO7. The lowest BCUT2D eigenvalue weighted by molar-refractivity contribution is -0.889. The predicted octanol–water partition coefficient (Wildman–Crippen LogP) is 10.5. The number of rotatable bonds is 39. The Bertz CT molecular complexity index is 984. The second kappa shape index (κ2) is 37.5. The van der Waals surface area contributed by atoms with Crippen LogP contribution in [0.4, 0.5) is 0 Å². The van der Waals surface area contributed by atoms with E-state index in [1.807, 2.05) is 0 Å². The van der Waals surface area contributed by atoms with Gasteiger partial charge in [0.2, 0.25) is 0 Å². The van der Waals surface area contributed by atoms with Crippen LogP contribution in [0.5, 0.6) is 0 Å². The molecule has 314 valence electrons. The van der Waals surface area contributed by atoms with Gasteiger partial charge in [0.05, 0.1) is 40.3 Å². The Kier molecular flexibility index (Phi) is 35.8. The number of allylic oxidation sites excluding steroid dienone is 6. The Labute approximate surface area is 332 Å². The van der Waals surface area contributed by atoms with Gasteiger partial charge in [0.1, 0.15) is 12.6 Å². The summed E-state index contributed by atoms with van der Waals surface area (Å²) in [6.07, 6.45) is 41.6. The molecule has 0 aliphatic heterocycles. The molecule has 54 heavy (non-hydrogen) atoms. The van der Waals surface area contributed by atoms with E-state index in [0.717, 1.165) is 57.8 Å². The summed E-state index contributed by atoms with van der Waals surface area (Å²) in [7, 11) is 5.40. The molecule has 0 aliphatic rings. The first-order valence-electron chi connectivity index (χ1n) is 22.0. The zero-order valence-corrected chi connectivity index (χ0v) is 35.6. The van der Waals surface area contributed by atoms with Gasteiger partial charge >= 0.3 is 11.9 Å². The molecule has 0 saturated heterocycles. The van der Waals surface area contributed by atoms with E-state index in [-0.39, 0.29) is 42.7 Å². The standard InChI is InChI=1S/C46H83NO7/c1-6-8-10-12-14-16-18-20-22-24-26-28-30-32-34-36-44(48)53-41-42(40-52-39-38-43(46(50)51)47(3,4)5)54-45(49)37-35-33-31-29-27-25-23-21-19-17-15-13-11-9-7-2/h9,11,13,15,17,19,42-43H,6-8,10,12,14,16,18,20-41H2,1-5H3/b11-9+,15-13+,19-17+. The predicted molar refractivity (Wildman–Crippen MR) is 222 cm³/mol. The maximum absolute atomic E-state index is 12.7. The van der Waals surface area contributed by atoms with Gasteiger partial charge in [-0.1, -0.05) is 172 Å². The van der Waals surface area contributed by atoms with Crippen molar-refractivity contribution < 1.29 is 38.2 Å². The molecule has 0 N–H and O–H groups in total. The number of nitrogens with zero attached hydrogens (tertiary/aromatic N) is 1. The van der Waals surface area contributed by atoms with Gasteiger partial charge in [-0.2, -0.15) is 0 Å². The Morgan fingerprint density at radius 1 is 0.574 bits per heavy atom. The van der Waals surface area contributed by atoms with E-state index in [0.29, 0.717) is 12.8 Å². The van der Waals surface area contributed by atoms with E-state index < -0.39 is 18.1 Å². The largest absolute Gasteiger partial charge is 0.544 e. The molecule has 0 aromatic carbocycles. The van der Waals surface area contributed by atoms with Gasteiger partial charge in [-0.25, -0.2) is 0 Å². The van der Waals surface area contributed by atoms with Crippen molar-refractivity contribution in [3.63, 3.8) is 0 Å². The number of aliphatic carboxylic acids is 1. The molecule has 8 nitrogen and oxygen atoms in total. The minimum absolute atomic E-state index is 0.0380. The Morgan fingerprint density at radius 3 is 1.52 bits per heavy atom. The summed E-state index contributed by atoms with van der Waals surface area (Å²) < 4.78 is 17.2. The molecule has 0 aromatic heterocycles. The van der Waals surface area contributed by atoms with Crippen molar-refractivity contribution in [3.05, 3.63) is 36.5 Å². The van der Waals surface area contributed by atoms with Crippen LogP contribution in [0.1, 0.15) is 187 Å². The molecule has 0 heterocycles. The number of hydrogen-bond acceptors (Lipinski definition) is 7. The van der Waals surface area contributed by atoms with Crippen LogP contribution in [0.15, 0.2) is 36.5 Å². The van der Waals surface area contributed by atoms with Gasteiger partial charge < -0.3 is 28.6 Å². The highest BCUT2D eigenvalue weighted by Crippen LogP contribution is 2.15. The molecule has 2 atom stereocenters. The first kappa shape index (κ1) is 51.5. The molecular weight excluding hydrogens is 679 g/mol. The summed E-state index contributed by atoms with van der Waals surface area (Å²) >= 11 is 0. The lowest BCUT2D eigenvalue weighted by Crippen LogP contribution is -2.55. The lowest BCUT2D eigenvalue weighted by atomic mass is 10.0. The minimum atomic E-state index is -1.13. The Morgan fingerprint density at radius 2 is 1.04 bits per heavy atom. The summed E-state index contributed by atoms with van der Waals surface area (Å²) in [5.74, 6) is -1.74. The van der Waals surface area contributed by atoms with Gasteiger partial charge in [0.15, 0.2) is 6.10 Å². The fourth-order valence-electron chi connectivity index (χ4n) is 6.42. The highest BCUT2D eigenvalue weighted by molar-refractivity contribution is 5.70. The Hall–Kier alpha value is -2.45. The maximum atomic E-state index is 12.7. The molecule has 8 heteroatoms. The molecule has 0 spiro atoms. The summed E-state index contributed by atoms with van der Waals surface area (Å²) in [4.78, 5) is 36.8. The zero-order chi connectivity index (χ0) is 40.0. The second-order valence-corrected chi connectivity index (χ2v) is 16.0. The van der Waals surface area contributed by atoms with E-state index in [2.05, 4.69) is 50.3 Å². The quantitative estimate of drug-likeness (QED) is 0.0266. The second-order valence-electron chi connectivity index (χ2n) is 16.0. The van der Waals surface area contributed by atoms with Crippen LogP contribution in [-0.4, -0.2) is 75.5 Å². The van der Waals surface area contributed by atoms with Crippen molar-refractivity contribution in [2.75, 3.05) is 41.0 Å². The van der Waals surface area contributed by atoms with Crippen molar-refractivity contribution in [1.82, 2.24) is 0 Å². The van der Waals surface area contributed by atoms with Crippen LogP contribution >= 0.6 is 0 Å². The fraction of sp³-hybridized carbons (Fsp3) is 0.804. The van der Waals surface area contributed by atoms with Crippen LogP contribution in [-0.2, 0) is 28.6 Å². The summed E-state index contributed by atoms with van der Waals surface area (Å²) in [6.45, 7) is 4.53. The number of quaternary nitrogens is 1. The van der Waals surface area contributed by atoms with Gasteiger partial charge in [0.25, 0.3) is 0 Å². The highest BCUT2D eigenvalue weighted by atomic mass is 16.6. The first-order chi connectivity index (χ1) is 26.1. The van der Waals surface area contributed by atoms with Crippen LogP contribution in [0.3, 0.4) is 0 Å². The Balaban J connectivity index is 4.34. The number of carboxylic acid groups (broad SMARTS) is 1. The minimum Gasteiger partial charge on any atom is -0.544 e. The van der Waals surface area contributed by atoms with Gasteiger partial charge in [-0.05, 0) is 32.1 Å². The number of unbranched alkanes of at least 4 members (excludes halogenated alkanes) is 21. The van der Waals surface area contributed by atoms with Crippen molar-refractivity contribution >= 4 is 17.9 Å². The van der Waals surface area contributed by atoms with Crippen molar-refractivity contribution in [2.45, 2.75) is 199 Å². The van der Waals surface area contributed by atoms with E-state index >= 15 is 0 Å². The van der Waals surface area contributed by atoms with Crippen LogP contribution in [0.25, 0.3) is 0 Å². The first-order valence-corrected chi connectivity index (χ1v) is 22.0. The van der Waals surface area contributed by atoms with E-state index in [9.17, 15) is 19.5 Å². The molecule has 0 aliphatic carbocycles. The van der Waals surface area contributed by atoms with Gasteiger partial charge in [-0.15, -0.1) is 0 Å². The summed E-state index contributed by atoms with van der Waals surface area (Å²) in [6, 6.07) is -0.726. The van der Waals surface area contributed by atoms with Crippen LogP contribution < -0.4 is 5.11 Å². The van der Waals surface area contributed by atoms with E-state index in [4.69, 9.17) is 14.2 Å². The molecule has 0 rings (SSSR count). The SMILES string of the molecule is CC/C=C/C=C/C=C/CCCCCCCCCC(=O)OC(COCCC(C(=O)[O-])[N+](C)(C)C)COC(=O)CCCCCCCCCCCCCCCCC. The van der Waals surface area contributed by atoms with Crippen molar-refractivity contribution in [3.8, 4) is 0 Å². The van der Waals surface area contributed by atoms with Crippen molar-refractivity contribution in [1.29, 1.82) is 0 Å². The monoisotopic (exact) mass is 762 g/mol.